The third-order valence-corrected chi connectivity index (χ3v) is 3.47. The maximum atomic E-state index is 12.6. The summed E-state index contributed by atoms with van der Waals surface area (Å²) in [5, 5.41) is 14.1. The Bertz CT molecular complexity index is 817. The van der Waals surface area contributed by atoms with E-state index in [0.717, 1.165) is 0 Å². The fourth-order valence-electron chi connectivity index (χ4n) is 2.04. The van der Waals surface area contributed by atoms with Gasteiger partial charge in [0.25, 0.3) is 0 Å². The predicted octanol–water partition coefficient (Wildman–Crippen LogP) is 2.45. The van der Waals surface area contributed by atoms with Gasteiger partial charge in [0.15, 0.2) is 5.71 Å². The molecule has 0 aliphatic heterocycles. The van der Waals surface area contributed by atoms with Gasteiger partial charge in [0.05, 0.1) is 13.3 Å². The normalized spacial score (nSPS) is 13.1. The molecule has 28 heavy (non-hydrogen) atoms. The molecule has 0 saturated carbocycles. The van der Waals surface area contributed by atoms with Crippen molar-refractivity contribution in [3.63, 3.8) is 0 Å². The minimum atomic E-state index is -4.80. The first-order chi connectivity index (χ1) is 13.2. The molecule has 1 rings (SSSR count). The molecule has 0 atom stereocenters. The molecule has 11 heteroatoms. The third-order valence-electron chi connectivity index (χ3n) is 3.47. The fourth-order valence-corrected chi connectivity index (χ4v) is 2.04. The Hall–Kier alpha value is -3.37. The number of hydrogen-bond donors (Lipinski definition) is 2. The van der Waals surface area contributed by atoms with E-state index in [1.165, 1.54) is 14.2 Å². The molecule has 0 aliphatic rings. The minimum Gasteiger partial charge on any atom is -0.464 e. The van der Waals surface area contributed by atoms with Crippen LogP contribution in [0.4, 0.5) is 13.2 Å². The second-order valence-corrected chi connectivity index (χ2v) is 5.23. The van der Waals surface area contributed by atoms with E-state index in [9.17, 15) is 18.0 Å². The minimum absolute atomic E-state index is 0.113. The molecule has 0 aliphatic carbocycles. The molecule has 0 aromatic heterocycles. The van der Waals surface area contributed by atoms with Crippen LogP contribution in [-0.2, 0) is 25.8 Å². The second kappa shape index (κ2) is 10.1. The highest BCUT2D eigenvalue weighted by Crippen LogP contribution is 2.23. The first kappa shape index (κ1) is 22.7. The van der Waals surface area contributed by atoms with Gasteiger partial charge in [0.2, 0.25) is 0 Å². The van der Waals surface area contributed by atoms with Gasteiger partial charge in [0, 0.05) is 22.9 Å². The maximum absolute atomic E-state index is 12.6. The van der Waals surface area contributed by atoms with Crippen LogP contribution in [0, 0.1) is 12.3 Å². The monoisotopic (exact) mass is 400 g/mol. The number of esters is 1. The lowest BCUT2D eigenvalue weighted by molar-refractivity contribution is -0.132. The van der Waals surface area contributed by atoms with Crippen molar-refractivity contribution in [2.24, 2.45) is 16.0 Å². The fraction of sp³-hybridized carbons (Fsp3) is 0.294. The summed E-state index contributed by atoms with van der Waals surface area (Å²) in [7, 11) is 2.44. The van der Waals surface area contributed by atoms with Crippen LogP contribution in [0.1, 0.15) is 16.7 Å². The standard InChI is InChI=1S/C17H19F3N4O4/c1-10-5-4-6-12(14(24-27-3)16(25)26-2)13(10)9-28-23-8-11(7-21)15(22)17(18,19)20/h4-8,21H,9,22H2,1-3H3/b15-11+,21-7?,23-8+,24-14+. The molecule has 0 amide bonds. The number of oxime groups is 2. The number of nitrogens with zero attached hydrogens (tertiary/aromatic N) is 2. The SMILES string of the molecule is CO/N=C(/C(=O)OC)c1cccc(C)c1CO/N=C/C(C=N)=C(/N)C(F)(F)F. The molecule has 1 aromatic carbocycles. The molecular formula is C17H19F3N4O4. The van der Waals surface area contributed by atoms with E-state index < -0.39 is 23.4 Å². The quantitative estimate of drug-likeness (QED) is 0.395. The van der Waals surface area contributed by atoms with Crippen LogP contribution in [0.5, 0.6) is 0 Å². The Morgan fingerprint density at radius 3 is 2.54 bits per heavy atom. The van der Waals surface area contributed by atoms with Crippen molar-refractivity contribution in [1.82, 2.24) is 0 Å². The summed E-state index contributed by atoms with van der Waals surface area (Å²) in [6.07, 6.45) is -3.71. The number of nitrogens with two attached hydrogens (primary N) is 1. The predicted molar refractivity (Wildman–Crippen MR) is 96.1 cm³/mol. The summed E-state index contributed by atoms with van der Waals surface area (Å²) in [6, 6.07) is 4.98. The van der Waals surface area contributed by atoms with Crippen molar-refractivity contribution in [1.29, 1.82) is 5.41 Å². The molecule has 0 radical (unpaired) electrons. The van der Waals surface area contributed by atoms with Gasteiger partial charge in [-0.2, -0.15) is 13.2 Å². The van der Waals surface area contributed by atoms with Crippen LogP contribution in [0.25, 0.3) is 0 Å². The van der Waals surface area contributed by atoms with Crippen LogP contribution in [0.15, 0.2) is 39.8 Å². The van der Waals surface area contributed by atoms with Gasteiger partial charge < -0.3 is 25.6 Å². The van der Waals surface area contributed by atoms with E-state index in [0.29, 0.717) is 29.1 Å². The van der Waals surface area contributed by atoms with E-state index in [1.807, 2.05) is 0 Å². The molecule has 3 N–H and O–H groups in total. The van der Waals surface area contributed by atoms with Crippen LogP contribution in [0.2, 0.25) is 0 Å². The Labute approximate surface area is 158 Å². The molecular weight excluding hydrogens is 381 g/mol. The molecule has 0 heterocycles. The van der Waals surface area contributed by atoms with Crippen LogP contribution >= 0.6 is 0 Å². The number of allylic oxidation sites excluding steroid dienone is 2. The van der Waals surface area contributed by atoms with Gasteiger partial charge in [0.1, 0.15) is 19.4 Å². The summed E-state index contributed by atoms with van der Waals surface area (Å²) >= 11 is 0. The highest BCUT2D eigenvalue weighted by molar-refractivity contribution is 6.43. The summed E-state index contributed by atoms with van der Waals surface area (Å²) in [6.45, 7) is 1.54. The number of nitrogens with one attached hydrogen (secondary N) is 1. The number of halogens is 3. The van der Waals surface area contributed by atoms with Crippen molar-refractivity contribution in [3.8, 4) is 0 Å². The number of alkyl halides is 3. The van der Waals surface area contributed by atoms with Crippen molar-refractivity contribution in [2.45, 2.75) is 19.7 Å². The van der Waals surface area contributed by atoms with E-state index in [1.54, 1.807) is 25.1 Å². The highest BCUT2D eigenvalue weighted by Gasteiger charge is 2.33. The Kier molecular flexibility index (Phi) is 8.17. The molecule has 0 spiro atoms. The lowest BCUT2D eigenvalue weighted by Crippen LogP contribution is -2.22. The number of carbonyl (C=O) groups excluding carboxylic acids is 1. The number of hydrogen-bond acceptors (Lipinski definition) is 8. The van der Waals surface area contributed by atoms with Crippen molar-refractivity contribution < 1.29 is 32.4 Å². The second-order valence-electron chi connectivity index (χ2n) is 5.23. The number of methoxy groups -OCH3 is 1. The number of aryl methyl sites for hydroxylation is 1. The maximum Gasteiger partial charge on any atom is 0.431 e. The molecule has 0 saturated heterocycles. The van der Waals surface area contributed by atoms with E-state index >= 15 is 0 Å². The lowest BCUT2D eigenvalue weighted by atomic mass is 9.99. The van der Waals surface area contributed by atoms with E-state index in [-0.39, 0.29) is 12.3 Å². The summed E-state index contributed by atoms with van der Waals surface area (Å²) in [5.74, 6) is -0.746. The topological polar surface area (TPSA) is 119 Å². The molecule has 8 nitrogen and oxygen atoms in total. The van der Waals surface area contributed by atoms with Crippen LogP contribution in [0.3, 0.4) is 0 Å². The van der Waals surface area contributed by atoms with Gasteiger partial charge in [-0.25, -0.2) is 4.79 Å². The number of rotatable bonds is 8. The zero-order valence-electron chi connectivity index (χ0n) is 15.3. The van der Waals surface area contributed by atoms with Crippen molar-refractivity contribution in [3.05, 3.63) is 46.2 Å². The van der Waals surface area contributed by atoms with Crippen molar-refractivity contribution in [2.75, 3.05) is 14.2 Å². The first-order valence-corrected chi connectivity index (χ1v) is 7.68. The third kappa shape index (κ3) is 5.83. The van der Waals surface area contributed by atoms with Crippen LogP contribution < -0.4 is 5.73 Å². The van der Waals surface area contributed by atoms with Gasteiger partial charge >= 0.3 is 12.1 Å². The average molecular weight is 400 g/mol. The zero-order chi connectivity index (χ0) is 21.3. The summed E-state index contributed by atoms with van der Waals surface area (Å²) < 4.78 is 42.4. The van der Waals surface area contributed by atoms with Gasteiger partial charge in [-0.1, -0.05) is 28.5 Å². The molecule has 152 valence electrons. The van der Waals surface area contributed by atoms with Gasteiger partial charge in [-0.3, -0.25) is 0 Å². The van der Waals surface area contributed by atoms with E-state index in [2.05, 4.69) is 19.9 Å². The highest BCUT2D eigenvalue weighted by atomic mass is 19.4. The van der Waals surface area contributed by atoms with E-state index in [4.69, 9.17) is 16.0 Å². The zero-order valence-corrected chi connectivity index (χ0v) is 15.3. The molecule has 1 aromatic rings. The van der Waals surface area contributed by atoms with Crippen molar-refractivity contribution >= 4 is 24.1 Å². The number of ether oxygens (including phenoxy) is 1. The summed E-state index contributed by atoms with van der Waals surface area (Å²) in [4.78, 5) is 21.6. The first-order valence-electron chi connectivity index (χ1n) is 7.68. The average Bonchev–Trinajstić information content (AvgIpc) is 2.65. The smallest absolute Gasteiger partial charge is 0.431 e. The van der Waals surface area contributed by atoms with Gasteiger partial charge in [-0.15, -0.1) is 0 Å². The Morgan fingerprint density at radius 1 is 1.32 bits per heavy atom. The molecule has 0 fully saturated rings. The van der Waals surface area contributed by atoms with Gasteiger partial charge in [-0.05, 0) is 12.5 Å². The lowest BCUT2D eigenvalue weighted by Gasteiger charge is -2.12. The Balaban J connectivity index is 3.13. The number of benzene rings is 1. The molecule has 0 unspecified atom stereocenters. The van der Waals surface area contributed by atoms with Crippen LogP contribution in [-0.4, -0.2) is 44.5 Å². The Morgan fingerprint density at radius 2 is 2.00 bits per heavy atom. The largest absolute Gasteiger partial charge is 0.464 e. The number of carbonyl (C=O) groups is 1. The molecule has 0 bridgehead atoms. The summed E-state index contributed by atoms with van der Waals surface area (Å²) in [5.41, 5.74) is 4.25.